The molecule has 1 heteroatoms. The molecule has 94 valence electrons. The topological polar surface area (TPSA) is 0 Å². The molecule has 1 aliphatic carbocycles. The van der Waals surface area contributed by atoms with E-state index in [-0.39, 0.29) is 0 Å². The highest BCUT2D eigenvalue weighted by atomic mass is 28.2. The van der Waals surface area contributed by atoms with Gasteiger partial charge in [-0.25, -0.2) is 0 Å². The second-order valence-corrected chi connectivity index (χ2v) is 6.75. The number of rotatable bonds is 2. The maximum atomic E-state index is 2.35. The van der Waals surface area contributed by atoms with E-state index in [4.69, 9.17) is 0 Å². The molecule has 0 saturated heterocycles. The van der Waals surface area contributed by atoms with E-state index in [1.54, 1.807) is 0 Å². The summed E-state index contributed by atoms with van der Waals surface area (Å²) in [5.74, 6) is 0. The van der Waals surface area contributed by atoms with Crippen molar-refractivity contribution < 1.29 is 0 Å². The fourth-order valence-electron chi connectivity index (χ4n) is 2.73. The Balaban J connectivity index is 1.97. The maximum Gasteiger partial charge on any atom is 0.0948 e. The first-order valence-corrected chi connectivity index (χ1v) is 7.84. The molecule has 0 heterocycles. The average molecular weight is 262 g/mol. The quantitative estimate of drug-likeness (QED) is 0.722. The Morgan fingerprint density at radius 3 is 2.53 bits per heavy atom. The van der Waals surface area contributed by atoms with Crippen molar-refractivity contribution in [3.63, 3.8) is 0 Å². The molecule has 0 fully saturated rings. The van der Waals surface area contributed by atoms with Crippen molar-refractivity contribution in [2.75, 3.05) is 0 Å². The summed E-state index contributed by atoms with van der Waals surface area (Å²) >= 11 is 0. The zero-order valence-corrected chi connectivity index (χ0v) is 12.7. The molecule has 2 aromatic carbocycles. The van der Waals surface area contributed by atoms with E-state index in [9.17, 15) is 0 Å². The summed E-state index contributed by atoms with van der Waals surface area (Å²) in [6.07, 6.45) is 2.35. The predicted molar refractivity (Wildman–Crippen MR) is 84.1 cm³/mol. The van der Waals surface area contributed by atoms with Crippen molar-refractivity contribution >= 4 is 20.8 Å². The van der Waals surface area contributed by atoms with Crippen LogP contribution in [0.3, 0.4) is 0 Å². The van der Waals surface area contributed by atoms with Crippen LogP contribution in [0.2, 0.25) is 0 Å². The number of aryl methyl sites for hydroxylation is 1. The third-order valence-corrected chi connectivity index (χ3v) is 5.96. The van der Waals surface area contributed by atoms with Gasteiger partial charge in [0.2, 0.25) is 0 Å². The fraction of sp³-hybridized carbons (Fsp3) is 0.222. The Kier molecular flexibility index (Phi) is 3.15. The third kappa shape index (κ3) is 2.19. The first-order chi connectivity index (χ1) is 9.16. The zero-order valence-electron chi connectivity index (χ0n) is 11.7. The van der Waals surface area contributed by atoms with Crippen LogP contribution in [0.1, 0.15) is 34.7 Å². The van der Waals surface area contributed by atoms with Gasteiger partial charge in [-0.15, -0.1) is 0 Å². The minimum absolute atomic E-state index is 0.580. The second-order valence-electron chi connectivity index (χ2n) is 5.34. The van der Waals surface area contributed by atoms with Crippen LogP contribution in [0, 0.1) is 13.8 Å². The van der Waals surface area contributed by atoms with Crippen LogP contribution < -0.4 is 5.19 Å². The Hall–Kier alpha value is -1.60. The van der Waals surface area contributed by atoms with Crippen LogP contribution in [0.5, 0.6) is 0 Å². The van der Waals surface area contributed by atoms with Gasteiger partial charge in [-0.1, -0.05) is 59.3 Å². The predicted octanol–water partition coefficient (Wildman–Crippen LogP) is 3.79. The van der Waals surface area contributed by atoms with Crippen LogP contribution in [-0.2, 0) is 0 Å². The number of allylic oxidation sites excluding steroid dienone is 1. The molecule has 0 aliphatic heterocycles. The summed E-state index contributed by atoms with van der Waals surface area (Å²) in [6, 6.07) is 15.5. The molecule has 1 atom stereocenters. The average Bonchev–Trinajstić information content (AvgIpc) is 2.72. The molecule has 0 nitrogen and oxygen atoms in total. The van der Waals surface area contributed by atoms with Crippen molar-refractivity contribution in [2.45, 2.75) is 26.3 Å². The molecule has 0 aromatic heterocycles. The van der Waals surface area contributed by atoms with Gasteiger partial charge in [-0.05, 0) is 43.0 Å². The van der Waals surface area contributed by atoms with Gasteiger partial charge in [0.1, 0.15) is 0 Å². The molecular weight excluding hydrogens is 244 g/mol. The van der Waals surface area contributed by atoms with Gasteiger partial charge >= 0.3 is 0 Å². The third-order valence-electron chi connectivity index (χ3n) is 4.05. The van der Waals surface area contributed by atoms with E-state index < -0.39 is 0 Å². The van der Waals surface area contributed by atoms with Crippen LogP contribution in [0.4, 0.5) is 0 Å². The zero-order chi connectivity index (χ0) is 13.4. The van der Waals surface area contributed by atoms with Gasteiger partial charge in [0.05, 0.1) is 9.52 Å². The van der Waals surface area contributed by atoms with Gasteiger partial charge in [0, 0.05) is 5.54 Å². The summed E-state index contributed by atoms with van der Waals surface area (Å²) in [5.41, 5.74) is 7.84. The Labute approximate surface area is 118 Å². The number of fused-ring (bicyclic) bond motifs is 1. The van der Waals surface area contributed by atoms with Crippen LogP contribution in [0.15, 0.2) is 48.0 Å². The molecule has 2 radical (unpaired) electrons. The lowest BCUT2D eigenvalue weighted by Gasteiger charge is -2.16. The highest BCUT2D eigenvalue weighted by Crippen LogP contribution is 2.34. The molecule has 0 saturated carbocycles. The molecule has 0 bridgehead atoms. The number of hydrogen-bond donors (Lipinski definition) is 0. The SMILES string of the molecule is CC1=Cc2ccccc2C1[Si]c1cccc(C)c1C. The van der Waals surface area contributed by atoms with E-state index in [0.29, 0.717) is 5.54 Å². The minimum Gasteiger partial charge on any atom is -0.0680 e. The largest absolute Gasteiger partial charge is 0.0948 e. The van der Waals surface area contributed by atoms with Gasteiger partial charge in [0.25, 0.3) is 0 Å². The summed E-state index contributed by atoms with van der Waals surface area (Å²) in [5, 5.41) is 1.51. The normalized spacial score (nSPS) is 17.2. The standard InChI is InChI=1S/C18H18Si/c1-12-7-6-10-17(14(12)3)19-18-13(2)11-15-8-4-5-9-16(15)18/h4-11,18H,1-3H3. The molecule has 1 aliphatic rings. The Morgan fingerprint density at radius 1 is 0.895 bits per heavy atom. The van der Waals surface area contributed by atoms with Crippen LogP contribution in [-0.4, -0.2) is 9.52 Å². The summed E-state index contributed by atoms with van der Waals surface area (Å²) in [4.78, 5) is 0. The van der Waals surface area contributed by atoms with Gasteiger partial charge in [0.15, 0.2) is 0 Å². The first kappa shape index (κ1) is 12.4. The number of hydrogen-bond acceptors (Lipinski definition) is 0. The summed E-state index contributed by atoms with van der Waals surface area (Å²) in [7, 11) is 0.832. The smallest absolute Gasteiger partial charge is 0.0680 e. The fourth-order valence-corrected chi connectivity index (χ4v) is 4.38. The molecule has 2 aromatic rings. The highest BCUT2D eigenvalue weighted by Gasteiger charge is 2.23. The van der Waals surface area contributed by atoms with Crippen LogP contribution >= 0.6 is 0 Å². The Bertz CT molecular complexity index is 652. The number of benzene rings is 2. The summed E-state index contributed by atoms with van der Waals surface area (Å²) in [6.45, 7) is 6.72. The van der Waals surface area contributed by atoms with E-state index in [1.165, 1.54) is 33.0 Å². The van der Waals surface area contributed by atoms with E-state index >= 15 is 0 Å². The van der Waals surface area contributed by atoms with E-state index in [1.807, 2.05) is 0 Å². The lowest BCUT2D eigenvalue weighted by Crippen LogP contribution is -2.24. The maximum absolute atomic E-state index is 2.35. The van der Waals surface area contributed by atoms with Crippen molar-refractivity contribution in [1.29, 1.82) is 0 Å². The highest BCUT2D eigenvalue weighted by molar-refractivity contribution is 6.57. The molecule has 0 spiro atoms. The lowest BCUT2D eigenvalue weighted by molar-refractivity contribution is 1.13. The molecular formula is C18H18Si. The first-order valence-electron chi connectivity index (χ1n) is 6.76. The molecule has 3 rings (SSSR count). The van der Waals surface area contributed by atoms with Crippen molar-refractivity contribution in [3.8, 4) is 0 Å². The van der Waals surface area contributed by atoms with Gasteiger partial charge in [-0.2, -0.15) is 0 Å². The second kappa shape index (κ2) is 4.82. The van der Waals surface area contributed by atoms with Crippen molar-refractivity contribution in [1.82, 2.24) is 0 Å². The molecule has 1 unspecified atom stereocenters. The van der Waals surface area contributed by atoms with E-state index in [2.05, 4.69) is 69.3 Å². The van der Waals surface area contributed by atoms with Crippen molar-refractivity contribution in [2.24, 2.45) is 0 Å². The Morgan fingerprint density at radius 2 is 1.68 bits per heavy atom. The molecule has 0 N–H and O–H groups in total. The molecule has 0 amide bonds. The van der Waals surface area contributed by atoms with E-state index in [0.717, 1.165) is 9.52 Å². The van der Waals surface area contributed by atoms with Crippen molar-refractivity contribution in [3.05, 3.63) is 70.3 Å². The molecule has 19 heavy (non-hydrogen) atoms. The lowest BCUT2D eigenvalue weighted by atomic mass is 10.1. The minimum atomic E-state index is 0.580. The van der Waals surface area contributed by atoms with Gasteiger partial charge < -0.3 is 0 Å². The van der Waals surface area contributed by atoms with Crippen LogP contribution in [0.25, 0.3) is 6.08 Å². The van der Waals surface area contributed by atoms with Gasteiger partial charge in [-0.3, -0.25) is 0 Å². The summed E-state index contributed by atoms with van der Waals surface area (Å²) < 4.78 is 0. The monoisotopic (exact) mass is 262 g/mol.